The molecule has 2 aliphatic rings. The van der Waals surface area contributed by atoms with E-state index in [1.165, 1.54) is 0 Å². The summed E-state index contributed by atoms with van der Waals surface area (Å²) in [6.07, 6.45) is 4.46. The Kier molecular flexibility index (Phi) is 4.49. The van der Waals surface area contributed by atoms with E-state index < -0.39 is 0 Å². The maximum Gasteiger partial charge on any atom is 0.232 e. The summed E-state index contributed by atoms with van der Waals surface area (Å²) in [7, 11) is 0. The molecule has 0 bridgehead atoms. The number of hydrogen-bond donors (Lipinski definition) is 0. The number of rotatable bonds is 2. The number of hydrogen-bond acceptors (Lipinski definition) is 3. The first kappa shape index (κ1) is 16.8. The molecule has 1 aromatic carbocycles. The number of amides is 2. The van der Waals surface area contributed by atoms with Crippen LogP contribution in [-0.4, -0.2) is 45.9 Å². The number of nitrogens with zero attached hydrogens (tertiary/aromatic N) is 4. The first-order chi connectivity index (χ1) is 12.6. The number of carbonyl (C=O) groups excluding carboxylic acids is 2. The van der Waals surface area contributed by atoms with Gasteiger partial charge in [-0.1, -0.05) is 30.3 Å². The zero-order valence-electron chi connectivity index (χ0n) is 15.1. The van der Waals surface area contributed by atoms with Gasteiger partial charge in [0.15, 0.2) is 0 Å². The van der Waals surface area contributed by atoms with Crippen LogP contribution >= 0.6 is 0 Å². The molecule has 0 unspecified atom stereocenters. The van der Waals surface area contributed by atoms with E-state index in [4.69, 9.17) is 4.98 Å². The van der Waals surface area contributed by atoms with Gasteiger partial charge in [-0.05, 0) is 19.3 Å². The molecular weight excluding hydrogens is 328 g/mol. The van der Waals surface area contributed by atoms with Crippen LogP contribution in [0.3, 0.4) is 0 Å². The van der Waals surface area contributed by atoms with E-state index in [9.17, 15) is 9.59 Å². The van der Waals surface area contributed by atoms with Gasteiger partial charge in [0.2, 0.25) is 17.8 Å². The fourth-order valence-electron chi connectivity index (χ4n) is 3.90. The molecule has 0 spiro atoms. The average Bonchev–Trinajstić information content (AvgIpc) is 3.12. The third-order valence-corrected chi connectivity index (χ3v) is 5.40. The lowest BCUT2D eigenvalue weighted by Crippen LogP contribution is -2.46. The lowest BCUT2D eigenvalue weighted by atomic mass is 9.95. The molecule has 2 aliphatic heterocycles. The number of benzene rings is 1. The van der Waals surface area contributed by atoms with E-state index in [1.807, 2.05) is 46.3 Å². The fraction of sp³-hybridized carbons (Fsp3) is 0.450. The SMILES string of the molecule is CC(=O)N1CCC(C(=O)N2CCCn3cc(-c4ccccc4)nc32)CC1. The van der Waals surface area contributed by atoms with Gasteiger partial charge in [0.1, 0.15) is 0 Å². The van der Waals surface area contributed by atoms with E-state index in [2.05, 4.69) is 4.57 Å². The van der Waals surface area contributed by atoms with Crippen molar-refractivity contribution in [3.8, 4) is 11.3 Å². The molecule has 0 saturated carbocycles. The van der Waals surface area contributed by atoms with Crippen molar-refractivity contribution in [3.63, 3.8) is 0 Å². The van der Waals surface area contributed by atoms with Gasteiger partial charge in [-0.15, -0.1) is 0 Å². The second-order valence-corrected chi connectivity index (χ2v) is 7.11. The van der Waals surface area contributed by atoms with Crippen LogP contribution in [0.5, 0.6) is 0 Å². The predicted octanol–water partition coefficient (Wildman–Crippen LogP) is 2.55. The van der Waals surface area contributed by atoms with Crippen molar-refractivity contribution >= 4 is 17.8 Å². The average molecular weight is 352 g/mol. The van der Waals surface area contributed by atoms with Crippen molar-refractivity contribution < 1.29 is 9.59 Å². The molecule has 0 aliphatic carbocycles. The Bertz CT molecular complexity index is 806. The van der Waals surface area contributed by atoms with Crippen LogP contribution in [0.25, 0.3) is 11.3 Å². The standard InChI is InChI=1S/C20H24N4O2/c1-15(25)22-12-8-17(9-13-22)19(26)24-11-5-10-23-14-18(21-20(23)24)16-6-3-2-4-7-16/h2-4,6-7,14,17H,5,8-13H2,1H3. The highest BCUT2D eigenvalue weighted by Crippen LogP contribution is 2.29. The molecule has 6 nitrogen and oxygen atoms in total. The molecule has 136 valence electrons. The van der Waals surface area contributed by atoms with Gasteiger partial charge in [-0.2, -0.15) is 0 Å². The van der Waals surface area contributed by atoms with Gasteiger partial charge in [-0.25, -0.2) is 4.98 Å². The quantitative estimate of drug-likeness (QED) is 0.835. The molecule has 2 aromatic rings. The summed E-state index contributed by atoms with van der Waals surface area (Å²) in [5.41, 5.74) is 1.98. The topological polar surface area (TPSA) is 58.4 Å². The molecule has 1 aromatic heterocycles. The number of anilines is 1. The van der Waals surface area contributed by atoms with E-state index in [1.54, 1.807) is 6.92 Å². The van der Waals surface area contributed by atoms with Crippen molar-refractivity contribution in [2.75, 3.05) is 24.5 Å². The summed E-state index contributed by atoms with van der Waals surface area (Å²) in [5, 5.41) is 0. The Labute approximate surface area is 153 Å². The van der Waals surface area contributed by atoms with E-state index in [0.29, 0.717) is 13.1 Å². The van der Waals surface area contributed by atoms with Gasteiger partial charge in [-0.3, -0.25) is 14.5 Å². The van der Waals surface area contributed by atoms with Crippen molar-refractivity contribution in [2.45, 2.75) is 32.7 Å². The molecule has 3 heterocycles. The van der Waals surface area contributed by atoms with Crippen molar-refractivity contribution in [1.29, 1.82) is 0 Å². The van der Waals surface area contributed by atoms with Crippen LogP contribution in [0.4, 0.5) is 5.95 Å². The minimum absolute atomic E-state index is 0.0194. The largest absolute Gasteiger partial charge is 0.343 e. The second-order valence-electron chi connectivity index (χ2n) is 7.11. The summed E-state index contributed by atoms with van der Waals surface area (Å²) in [5.74, 6) is 0.986. The minimum atomic E-state index is -0.0194. The van der Waals surface area contributed by atoms with Gasteiger partial charge < -0.3 is 9.47 Å². The van der Waals surface area contributed by atoms with Crippen LogP contribution in [0.2, 0.25) is 0 Å². The van der Waals surface area contributed by atoms with E-state index in [0.717, 1.165) is 49.6 Å². The highest BCUT2D eigenvalue weighted by Gasteiger charge is 2.33. The number of likely N-dealkylation sites (tertiary alicyclic amines) is 1. The van der Waals surface area contributed by atoms with Gasteiger partial charge >= 0.3 is 0 Å². The van der Waals surface area contributed by atoms with Gasteiger partial charge in [0.05, 0.1) is 5.69 Å². The lowest BCUT2D eigenvalue weighted by Gasteiger charge is -2.35. The molecule has 0 atom stereocenters. The molecule has 2 amide bonds. The normalized spacial score (nSPS) is 17.9. The number of aromatic nitrogens is 2. The Morgan fingerprint density at radius 1 is 1.04 bits per heavy atom. The first-order valence-corrected chi connectivity index (χ1v) is 9.33. The van der Waals surface area contributed by atoms with Crippen LogP contribution < -0.4 is 4.90 Å². The molecule has 26 heavy (non-hydrogen) atoms. The van der Waals surface area contributed by atoms with Crippen LogP contribution in [-0.2, 0) is 16.1 Å². The summed E-state index contributed by atoms with van der Waals surface area (Å²) in [4.78, 5) is 33.0. The minimum Gasteiger partial charge on any atom is -0.343 e. The predicted molar refractivity (Wildman–Crippen MR) is 99.6 cm³/mol. The maximum absolute atomic E-state index is 13.1. The summed E-state index contributed by atoms with van der Waals surface area (Å²) in [6.45, 7) is 4.54. The summed E-state index contributed by atoms with van der Waals surface area (Å²) < 4.78 is 2.09. The lowest BCUT2D eigenvalue weighted by molar-refractivity contribution is -0.133. The monoisotopic (exact) mass is 352 g/mol. The fourth-order valence-corrected chi connectivity index (χ4v) is 3.90. The summed E-state index contributed by atoms with van der Waals surface area (Å²) >= 11 is 0. The highest BCUT2D eigenvalue weighted by molar-refractivity contribution is 5.94. The zero-order valence-corrected chi connectivity index (χ0v) is 15.1. The molecule has 1 saturated heterocycles. The van der Waals surface area contributed by atoms with Crippen molar-refractivity contribution in [3.05, 3.63) is 36.5 Å². The Balaban J connectivity index is 1.53. The van der Waals surface area contributed by atoms with Crippen LogP contribution in [0.15, 0.2) is 36.5 Å². The molecule has 4 rings (SSSR count). The highest BCUT2D eigenvalue weighted by atomic mass is 16.2. The van der Waals surface area contributed by atoms with Crippen molar-refractivity contribution in [2.24, 2.45) is 5.92 Å². The Hall–Kier alpha value is -2.63. The molecule has 0 radical (unpaired) electrons. The first-order valence-electron chi connectivity index (χ1n) is 9.33. The number of fused-ring (bicyclic) bond motifs is 1. The summed E-state index contributed by atoms with van der Waals surface area (Å²) in [6, 6.07) is 10.1. The Morgan fingerprint density at radius 3 is 2.46 bits per heavy atom. The van der Waals surface area contributed by atoms with Gasteiger partial charge in [0, 0.05) is 50.8 Å². The smallest absolute Gasteiger partial charge is 0.232 e. The Morgan fingerprint density at radius 2 is 1.77 bits per heavy atom. The third kappa shape index (κ3) is 3.11. The maximum atomic E-state index is 13.1. The molecular formula is C20H24N4O2. The zero-order chi connectivity index (χ0) is 18.1. The number of imidazole rings is 1. The van der Waals surface area contributed by atoms with E-state index >= 15 is 0 Å². The van der Waals surface area contributed by atoms with E-state index in [-0.39, 0.29) is 17.7 Å². The third-order valence-electron chi connectivity index (χ3n) is 5.40. The number of piperidine rings is 1. The molecule has 6 heteroatoms. The van der Waals surface area contributed by atoms with Crippen molar-refractivity contribution in [1.82, 2.24) is 14.5 Å². The van der Waals surface area contributed by atoms with Crippen LogP contribution in [0.1, 0.15) is 26.2 Å². The number of aryl methyl sites for hydroxylation is 1. The van der Waals surface area contributed by atoms with Crippen LogP contribution in [0, 0.1) is 5.92 Å². The molecule has 0 N–H and O–H groups in total. The molecule has 1 fully saturated rings. The van der Waals surface area contributed by atoms with Gasteiger partial charge in [0.25, 0.3) is 0 Å². The number of carbonyl (C=O) groups is 2. The second kappa shape index (κ2) is 6.94.